The maximum Gasteiger partial charge on any atom is 0.245 e. The summed E-state index contributed by atoms with van der Waals surface area (Å²) in [6.07, 6.45) is 3.90. The molecule has 2 aromatic rings. The molecule has 6 nitrogen and oxygen atoms in total. The van der Waals surface area contributed by atoms with E-state index in [0.29, 0.717) is 5.82 Å². The summed E-state index contributed by atoms with van der Waals surface area (Å²) in [7, 11) is 0. The highest BCUT2D eigenvalue weighted by molar-refractivity contribution is 9.10. The number of hydrogen-bond donors (Lipinski definition) is 2. The smallest absolute Gasteiger partial charge is 0.245 e. The Hall–Kier alpha value is -1.47. The van der Waals surface area contributed by atoms with Crippen LogP contribution in [0.2, 0.25) is 0 Å². The Balaban J connectivity index is 1.72. The molecule has 0 aromatic carbocycles. The van der Waals surface area contributed by atoms with Crippen molar-refractivity contribution < 1.29 is 0 Å². The summed E-state index contributed by atoms with van der Waals surface area (Å²) >= 11 is 3.38. The molecule has 21 heavy (non-hydrogen) atoms. The molecule has 0 unspecified atom stereocenters. The van der Waals surface area contributed by atoms with Gasteiger partial charge in [0, 0.05) is 23.8 Å². The van der Waals surface area contributed by atoms with Crippen molar-refractivity contribution in [1.82, 2.24) is 20.2 Å². The van der Waals surface area contributed by atoms with Crippen molar-refractivity contribution in [3.8, 4) is 11.5 Å². The van der Waals surface area contributed by atoms with Crippen molar-refractivity contribution in [2.24, 2.45) is 11.1 Å². The minimum absolute atomic E-state index is 0.253. The van der Waals surface area contributed by atoms with Crippen molar-refractivity contribution in [1.29, 1.82) is 0 Å². The predicted molar refractivity (Wildman–Crippen MR) is 85.9 cm³/mol. The molecule has 0 aliphatic carbocycles. The standard InChI is InChI=1S/C14H19BrN6/c1-14(9-16)4-6-21(7-5-14)13-18-12(19-20-13)11-3-2-10(15)8-17-11/h2-3,8H,4-7,9,16H2,1H3,(H,18,19,20). The van der Waals surface area contributed by atoms with Crippen LogP contribution in [0.15, 0.2) is 22.8 Å². The molecule has 3 rings (SSSR count). The first-order chi connectivity index (χ1) is 10.1. The lowest BCUT2D eigenvalue weighted by atomic mass is 9.81. The average molecular weight is 351 g/mol. The van der Waals surface area contributed by atoms with Gasteiger partial charge in [0.2, 0.25) is 5.95 Å². The van der Waals surface area contributed by atoms with Gasteiger partial charge in [-0.3, -0.25) is 10.1 Å². The van der Waals surface area contributed by atoms with Crippen molar-refractivity contribution in [3.63, 3.8) is 0 Å². The van der Waals surface area contributed by atoms with Gasteiger partial charge in [0.1, 0.15) is 5.69 Å². The number of aromatic nitrogens is 4. The Morgan fingerprint density at radius 1 is 1.38 bits per heavy atom. The fourth-order valence-electron chi connectivity index (χ4n) is 2.48. The van der Waals surface area contributed by atoms with E-state index in [9.17, 15) is 0 Å². The first-order valence-corrected chi connectivity index (χ1v) is 7.88. The first-order valence-electron chi connectivity index (χ1n) is 7.09. The van der Waals surface area contributed by atoms with Crippen molar-refractivity contribution in [3.05, 3.63) is 22.8 Å². The Morgan fingerprint density at radius 3 is 2.76 bits per heavy atom. The van der Waals surface area contributed by atoms with E-state index in [1.165, 1.54) is 0 Å². The van der Waals surface area contributed by atoms with E-state index in [4.69, 9.17) is 5.73 Å². The molecule has 0 radical (unpaired) electrons. The van der Waals surface area contributed by atoms with Crippen molar-refractivity contribution >= 4 is 21.9 Å². The molecule has 1 aliphatic rings. The molecule has 0 spiro atoms. The lowest BCUT2D eigenvalue weighted by Gasteiger charge is -2.38. The van der Waals surface area contributed by atoms with Crippen LogP contribution < -0.4 is 10.6 Å². The normalized spacial score (nSPS) is 18.0. The Kier molecular flexibility index (Phi) is 3.95. The number of rotatable bonds is 3. The lowest BCUT2D eigenvalue weighted by molar-refractivity contribution is 0.257. The van der Waals surface area contributed by atoms with Gasteiger partial charge in [-0.2, -0.15) is 4.98 Å². The van der Waals surface area contributed by atoms with Crippen LogP contribution in [0.3, 0.4) is 0 Å². The molecule has 0 bridgehead atoms. The van der Waals surface area contributed by atoms with Gasteiger partial charge < -0.3 is 10.6 Å². The number of hydrogen-bond acceptors (Lipinski definition) is 5. The average Bonchev–Trinajstić information content (AvgIpc) is 2.98. The zero-order chi connectivity index (χ0) is 14.9. The number of anilines is 1. The van der Waals surface area contributed by atoms with Crippen LogP contribution >= 0.6 is 15.9 Å². The fraction of sp³-hybridized carbons (Fsp3) is 0.500. The van der Waals surface area contributed by atoms with Crippen LogP contribution in [-0.2, 0) is 0 Å². The van der Waals surface area contributed by atoms with Gasteiger partial charge in [0.05, 0.1) is 0 Å². The van der Waals surface area contributed by atoms with Crippen LogP contribution in [0, 0.1) is 5.41 Å². The molecular formula is C14H19BrN6. The summed E-state index contributed by atoms with van der Waals surface area (Å²) < 4.78 is 0.947. The van der Waals surface area contributed by atoms with Crippen LogP contribution in [-0.4, -0.2) is 39.8 Å². The van der Waals surface area contributed by atoms with Crippen LogP contribution in [0.25, 0.3) is 11.5 Å². The zero-order valence-corrected chi connectivity index (χ0v) is 13.6. The fourth-order valence-corrected chi connectivity index (χ4v) is 2.71. The lowest BCUT2D eigenvalue weighted by Crippen LogP contribution is -2.42. The van der Waals surface area contributed by atoms with E-state index < -0.39 is 0 Å². The number of H-pyrrole nitrogens is 1. The van der Waals surface area contributed by atoms with Crippen LogP contribution in [0.4, 0.5) is 5.95 Å². The van der Waals surface area contributed by atoms with E-state index in [1.54, 1.807) is 6.20 Å². The molecule has 0 saturated carbocycles. The van der Waals surface area contributed by atoms with E-state index >= 15 is 0 Å². The van der Waals surface area contributed by atoms with Crippen molar-refractivity contribution in [2.75, 3.05) is 24.5 Å². The molecule has 112 valence electrons. The summed E-state index contributed by atoms with van der Waals surface area (Å²) in [6.45, 7) is 4.87. The number of aromatic amines is 1. The second-order valence-electron chi connectivity index (χ2n) is 5.85. The summed E-state index contributed by atoms with van der Waals surface area (Å²) in [5, 5.41) is 7.29. The maximum atomic E-state index is 5.85. The highest BCUT2D eigenvalue weighted by Crippen LogP contribution is 2.31. The van der Waals surface area contributed by atoms with Gasteiger partial charge >= 0.3 is 0 Å². The van der Waals surface area contributed by atoms with Gasteiger partial charge in [-0.05, 0) is 52.9 Å². The minimum Gasteiger partial charge on any atom is -0.339 e. The monoisotopic (exact) mass is 350 g/mol. The molecule has 1 fully saturated rings. The van der Waals surface area contributed by atoms with Gasteiger partial charge in [0.25, 0.3) is 0 Å². The zero-order valence-electron chi connectivity index (χ0n) is 12.0. The van der Waals surface area contributed by atoms with E-state index in [2.05, 4.69) is 47.9 Å². The van der Waals surface area contributed by atoms with Gasteiger partial charge in [-0.25, -0.2) is 0 Å². The summed E-state index contributed by atoms with van der Waals surface area (Å²) in [5.41, 5.74) is 6.89. The number of piperidine rings is 1. The third-order valence-corrected chi connectivity index (χ3v) is 4.66. The molecule has 1 saturated heterocycles. The molecule has 0 amide bonds. The van der Waals surface area contributed by atoms with Crippen LogP contribution in [0.1, 0.15) is 19.8 Å². The van der Waals surface area contributed by atoms with Gasteiger partial charge in [-0.1, -0.05) is 6.92 Å². The second-order valence-corrected chi connectivity index (χ2v) is 6.76. The predicted octanol–water partition coefficient (Wildman–Crippen LogP) is 2.19. The first kappa shape index (κ1) is 14.5. The molecule has 0 atom stereocenters. The number of halogens is 1. The van der Waals surface area contributed by atoms with Gasteiger partial charge in [0.15, 0.2) is 5.82 Å². The third kappa shape index (κ3) is 3.08. The molecule has 3 heterocycles. The summed E-state index contributed by atoms with van der Waals surface area (Å²) in [5.74, 6) is 1.44. The molecular weight excluding hydrogens is 332 g/mol. The second kappa shape index (κ2) is 5.73. The number of nitrogens with zero attached hydrogens (tertiary/aromatic N) is 4. The summed E-state index contributed by atoms with van der Waals surface area (Å²) in [4.78, 5) is 11.1. The number of nitrogens with two attached hydrogens (primary N) is 1. The van der Waals surface area contributed by atoms with E-state index in [0.717, 1.165) is 48.6 Å². The Labute approximate surface area is 132 Å². The van der Waals surface area contributed by atoms with E-state index in [-0.39, 0.29) is 5.41 Å². The van der Waals surface area contributed by atoms with E-state index in [1.807, 2.05) is 12.1 Å². The Bertz CT molecular complexity index is 600. The van der Waals surface area contributed by atoms with Crippen LogP contribution in [0.5, 0.6) is 0 Å². The third-order valence-electron chi connectivity index (χ3n) is 4.19. The largest absolute Gasteiger partial charge is 0.339 e. The SMILES string of the molecule is CC1(CN)CCN(c2n[nH]c(-c3ccc(Br)cn3)n2)CC1. The molecule has 7 heteroatoms. The molecule has 1 aliphatic heterocycles. The number of nitrogens with one attached hydrogen (secondary N) is 1. The topological polar surface area (TPSA) is 83.7 Å². The maximum absolute atomic E-state index is 5.85. The summed E-state index contributed by atoms with van der Waals surface area (Å²) in [6, 6.07) is 3.86. The molecule has 3 N–H and O–H groups in total. The number of pyridine rings is 1. The van der Waals surface area contributed by atoms with Crippen molar-refractivity contribution in [2.45, 2.75) is 19.8 Å². The highest BCUT2D eigenvalue weighted by atomic mass is 79.9. The van der Waals surface area contributed by atoms with Gasteiger partial charge in [-0.15, -0.1) is 5.10 Å². The molecule has 2 aromatic heterocycles. The quantitative estimate of drug-likeness (QED) is 0.886. The Morgan fingerprint density at radius 2 is 2.14 bits per heavy atom. The highest BCUT2D eigenvalue weighted by Gasteiger charge is 2.30. The minimum atomic E-state index is 0.253.